The van der Waals surface area contributed by atoms with E-state index < -0.39 is 35.7 Å². The first-order valence-corrected chi connectivity index (χ1v) is 9.33. The van der Waals surface area contributed by atoms with Gasteiger partial charge >= 0.3 is 6.09 Å². The summed E-state index contributed by atoms with van der Waals surface area (Å²) in [6.07, 6.45) is -1.17. The monoisotopic (exact) mass is 377 g/mol. The average Bonchev–Trinajstić information content (AvgIpc) is 3.27. The topological polar surface area (TPSA) is 85.3 Å². The minimum Gasteiger partial charge on any atom is -0.447 e. The lowest BCUT2D eigenvalue weighted by Crippen LogP contribution is -2.50. The average molecular weight is 377 g/mol. The van der Waals surface area contributed by atoms with Gasteiger partial charge in [0.1, 0.15) is 6.61 Å². The van der Waals surface area contributed by atoms with Gasteiger partial charge in [-0.1, -0.05) is 44.2 Å². The minimum atomic E-state index is -1.02. The number of aliphatic hydroxyl groups is 1. The lowest BCUT2D eigenvalue weighted by atomic mass is 9.86. The van der Waals surface area contributed by atoms with Crippen LogP contribution in [0.4, 0.5) is 4.79 Å². The smallest absolute Gasteiger partial charge is 0.416 e. The summed E-state index contributed by atoms with van der Waals surface area (Å²) >= 11 is 0. The largest absolute Gasteiger partial charge is 0.447 e. The molecule has 2 amide bonds. The molecule has 0 unspecified atom stereocenters. The van der Waals surface area contributed by atoms with E-state index in [1.54, 1.807) is 20.8 Å². The summed E-state index contributed by atoms with van der Waals surface area (Å²) in [5.74, 6) is -2.62. The van der Waals surface area contributed by atoms with Crippen molar-refractivity contribution in [1.29, 1.82) is 0 Å². The summed E-state index contributed by atoms with van der Waals surface area (Å²) in [4.78, 5) is 26.3. The highest BCUT2D eigenvalue weighted by atomic mass is 16.7. The van der Waals surface area contributed by atoms with Gasteiger partial charge in [0.25, 0.3) is 0 Å². The zero-order valence-electron chi connectivity index (χ0n) is 16.0. The lowest BCUT2D eigenvalue weighted by molar-refractivity contribution is -0.204. The van der Waals surface area contributed by atoms with Crippen LogP contribution in [0, 0.1) is 11.8 Å². The van der Waals surface area contributed by atoms with Crippen molar-refractivity contribution in [3.63, 3.8) is 0 Å². The first kappa shape index (κ1) is 19.8. The first-order chi connectivity index (χ1) is 12.8. The van der Waals surface area contributed by atoms with Crippen molar-refractivity contribution < 1.29 is 28.9 Å². The molecule has 7 heteroatoms. The van der Waals surface area contributed by atoms with Crippen molar-refractivity contribution >= 4 is 12.0 Å². The number of ether oxygens (including phenoxy) is 3. The number of nitrogens with zero attached hydrogens (tertiary/aromatic N) is 1. The Balaban J connectivity index is 1.70. The Hall–Kier alpha value is -1.96. The van der Waals surface area contributed by atoms with Crippen LogP contribution in [0.5, 0.6) is 0 Å². The van der Waals surface area contributed by atoms with Crippen molar-refractivity contribution in [2.45, 2.75) is 45.1 Å². The number of hydrogen-bond acceptors (Lipinski definition) is 6. The van der Waals surface area contributed by atoms with Crippen LogP contribution >= 0.6 is 0 Å². The van der Waals surface area contributed by atoms with Crippen LogP contribution in [-0.4, -0.2) is 59.8 Å². The highest BCUT2D eigenvalue weighted by molar-refractivity contribution is 5.95. The van der Waals surface area contributed by atoms with Gasteiger partial charge in [-0.15, -0.1) is 0 Å². The third-order valence-electron chi connectivity index (χ3n) is 5.61. The Morgan fingerprint density at radius 3 is 2.52 bits per heavy atom. The second-order valence-electron chi connectivity index (χ2n) is 7.41. The lowest BCUT2D eigenvalue weighted by Gasteiger charge is -2.35. The van der Waals surface area contributed by atoms with Gasteiger partial charge in [-0.25, -0.2) is 9.69 Å². The van der Waals surface area contributed by atoms with Crippen molar-refractivity contribution in [1.82, 2.24) is 4.90 Å². The van der Waals surface area contributed by atoms with Gasteiger partial charge in [0.2, 0.25) is 5.91 Å². The van der Waals surface area contributed by atoms with Crippen LogP contribution in [0.15, 0.2) is 30.3 Å². The van der Waals surface area contributed by atoms with Crippen LogP contribution < -0.4 is 0 Å². The van der Waals surface area contributed by atoms with Gasteiger partial charge in [-0.2, -0.15) is 0 Å². The van der Waals surface area contributed by atoms with Crippen molar-refractivity contribution in [3.8, 4) is 0 Å². The van der Waals surface area contributed by atoms with Gasteiger partial charge in [-0.3, -0.25) is 4.79 Å². The predicted octanol–water partition coefficient (Wildman–Crippen LogP) is 1.97. The van der Waals surface area contributed by atoms with Gasteiger partial charge in [0.15, 0.2) is 5.79 Å². The first-order valence-electron chi connectivity index (χ1n) is 9.33. The second-order valence-corrected chi connectivity index (χ2v) is 7.41. The third kappa shape index (κ3) is 4.00. The van der Waals surface area contributed by atoms with Crippen molar-refractivity contribution in [2.75, 3.05) is 19.8 Å². The number of hydrogen-bond donors (Lipinski definition) is 1. The SMILES string of the molecule is C[C@H](C(=O)N1C(=O)OC[C@@H]1Cc1ccccc1)[C@H](O)[C@@H](C)C1(C)OCCO1. The molecule has 27 heavy (non-hydrogen) atoms. The molecule has 0 aromatic heterocycles. The number of rotatable bonds is 6. The molecular weight excluding hydrogens is 350 g/mol. The number of carbonyl (C=O) groups excluding carboxylic acids is 2. The molecule has 7 nitrogen and oxygen atoms in total. The molecule has 0 bridgehead atoms. The van der Waals surface area contributed by atoms with E-state index >= 15 is 0 Å². The van der Waals surface area contributed by atoms with Crippen LogP contribution in [0.3, 0.4) is 0 Å². The molecule has 0 spiro atoms. The van der Waals surface area contributed by atoms with Crippen LogP contribution in [0.2, 0.25) is 0 Å². The fraction of sp³-hybridized carbons (Fsp3) is 0.600. The molecule has 2 aliphatic rings. The van der Waals surface area contributed by atoms with E-state index in [0.717, 1.165) is 10.5 Å². The molecule has 2 aliphatic heterocycles. The molecule has 4 atom stereocenters. The molecule has 148 valence electrons. The molecule has 2 saturated heterocycles. The minimum absolute atomic E-state index is 0.155. The summed E-state index contributed by atoms with van der Waals surface area (Å²) in [6.45, 7) is 6.21. The van der Waals surface area contributed by atoms with E-state index in [9.17, 15) is 14.7 Å². The number of benzene rings is 1. The van der Waals surface area contributed by atoms with Crippen molar-refractivity contribution in [3.05, 3.63) is 35.9 Å². The summed E-state index contributed by atoms with van der Waals surface area (Å²) < 4.78 is 16.3. The summed E-state index contributed by atoms with van der Waals surface area (Å²) in [6, 6.07) is 9.25. The Bertz CT molecular complexity index is 672. The molecule has 2 fully saturated rings. The summed E-state index contributed by atoms with van der Waals surface area (Å²) in [5.41, 5.74) is 1.01. The molecule has 1 N–H and O–H groups in total. The van der Waals surface area contributed by atoms with E-state index in [2.05, 4.69) is 0 Å². The Morgan fingerprint density at radius 2 is 1.89 bits per heavy atom. The Labute approximate surface area is 159 Å². The Morgan fingerprint density at radius 1 is 1.26 bits per heavy atom. The summed E-state index contributed by atoms with van der Waals surface area (Å²) in [5, 5.41) is 10.7. The van der Waals surface area contributed by atoms with E-state index in [4.69, 9.17) is 14.2 Å². The number of amides is 2. The maximum absolute atomic E-state index is 13.0. The predicted molar refractivity (Wildman–Crippen MR) is 96.8 cm³/mol. The summed E-state index contributed by atoms with van der Waals surface area (Å²) in [7, 11) is 0. The van der Waals surface area contributed by atoms with Crippen molar-refractivity contribution in [2.24, 2.45) is 11.8 Å². The third-order valence-corrected chi connectivity index (χ3v) is 5.61. The van der Waals surface area contributed by atoms with Gasteiger partial charge in [0.05, 0.1) is 31.3 Å². The fourth-order valence-electron chi connectivity index (χ4n) is 3.67. The molecule has 0 aliphatic carbocycles. The normalized spacial score (nSPS) is 25.1. The quantitative estimate of drug-likeness (QED) is 0.816. The maximum atomic E-state index is 13.0. The van der Waals surface area contributed by atoms with E-state index in [-0.39, 0.29) is 12.6 Å². The highest BCUT2D eigenvalue weighted by Gasteiger charge is 2.47. The molecule has 0 saturated carbocycles. The van der Waals surface area contributed by atoms with E-state index in [1.807, 2.05) is 30.3 Å². The van der Waals surface area contributed by atoms with Gasteiger partial charge in [0, 0.05) is 5.92 Å². The standard InChI is InChI=1S/C20H27NO6/c1-13(17(22)14(2)20(3)26-9-10-27-20)18(23)21-16(12-25-19(21)24)11-15-7-5-4-6-8-15/h4-8,13-14,16-17,22H,9-12H2,1-3H3/t13-,14+,16-,17-/m0/s1. The van der Waals surface area contributed by atoms with Crippen LogP contribution in [0.1, 0.15) is 26.3 Å². The highest BCUT2D eigenvalue weighted by Crippen LogP contribution is 2.33. The number of aliphatic hydroxyl groups excluding tert-OH is 1. The van der Waals surface area contributed by atoms with E-state index in [1.165, 1.54) is 0 Å². The zero-order valence-corrected chi connectivity index (χ0v) is 16.0. The number of imide groups is 1. The zero-order chi connectivity index (χ0) is 19.6. The molecule has 0 radical (unpaired) electrons. The van der Waals surface area contributed by atoms with Crippen LogP contribution in [-0.2, 0) is 25.4 Å². The molecule has 3 rings (SSSR count). The second kappa shape index (κ2) is 7.96. The van der Waals surface area contributed by atoms with Gasteiger partial charge < -0.3 is 19.3 Å². The van der Waals surface area contributed by atoms with Crippen LogP contribution in [0.25, 0.3) is 0 Å². The fourth-order valence-corrected chi connectivity index (χ4v) is 3.67. The molecular formula is C20H27NO6. The number of carbonyl (C=O) groups is 2. The maximum Gasteiger partial charge on any atom is 0.416 e. The number of cyclic esters (lactones) is 1. The Kier molecular flexibility index (Phi) is 5.83. The van der Waals surface area contributed by atoms with E-state index in [0.29, 0.717) is 19.6 Å². The van der Waals surface area contributed by atoms with Gasteiger partial charge in [-0.05, 0) is 18.9 Å². The molecule has 1 aromatic rings. The molecule has 2 heterocycles. The molecule has 1 aromatic carbocycles.